The van der Waals surface area contributed by atoms with Gasteiger partial charge < -0.3 is 14.0 Å². The highest BCUT2D eigenvalue weighted by atomic mass is 16.7. The quantitative estimate of drug-likeness (QED) is 0.614. The molecule has 0 amide bonds. The summed E-state index contributed by atoms with van der Waals surface area (Å²) >= 11 is 0. The molecule has 23 heavy (non-hydrogen) atoms. The van der Waals surface area contributed by atoms with Crippen molar-refractivity contribution in [3.8, 4) is 0 Å². The van der Waals surface area contributed by atoms with Gasteiger partial charge in [-0.15, -0.1) is 0 Å². The normalized spacial score (nSPS) is 20.3. The minimum absolute atomic E-state index is 0.185. The first-order valence-electron chi connectivity index (χ1n) is 8.24. The molecule has 2 rings (SSSR count). The van der Waals surface area contributed by atoms with Crippen LogP contribution in [-0.4, -0.2) is 30.9 Å². The molecule has 1 aromatic carbocycles. The molecular weight excluding hydrogens is 291 g/mol. The number of carbonyl (C=O) groups is 1. The Hall–Kier alpha value is -1.33. The molecule has 1 heterocycles. The Bertz CT molecular complexity index is 552. The molecule has 0 N–H and O–H groups in total. The maximum Gasteiger partial charge on any atom is 0.466 e. The zero-order valence-corrected chi connectivity index (χ0v) is 15.0. The Labute approximate surface area is 139 Å². The fourth-order valence-electron chi connectivity index (χ4n) is 2.72. The number of hydrogen-bond acceptors (Lipinski definition) is 4. The van der Waals surface area contributed by atoms with Crippen LogP contribution >= 0.6 is 0 Å². The lowest BCUT2D eigenvalue weighted by atomic mass is 9.66. The molecule has 5 heteroatoms. The monoisotopic (exact) mass is 318 g/mol. The fraction of sp³-hybridized carbons (Fsp3) is 0.611. The maximum atomic E-state index is 12.1. The van der Waals surface area contributed by atoms with Crippen molar-refractivity contribution in [3.63, 3.8) is 0 Å². The largest absolute Gasteiger partial charge is 0.466 e. The predicted octanol–water partition coefficient (Wildman–Crippen LogP) is 3.66. The fourth-order valence-corrected chi connectivity index (χ4v) is 2.72. The van der Waals surface area contributed by atoms with Crippen LogP contribution < -0.4 is 0 Å². The molecule has 1 aliphatic rings. The van der Waals surface area contributed by atoms with E-state index in [1.165, 1.54) is 0 Å². The van der Waals surface area contributed by atoms with Crippen LogP contribution in [0.1, 0.15) is 58.0 Å². The van der Waals surface area contributed by atoms with Gasteiger partial charge in [0.25, 0.3) is 0 Å². The van der Waals surface area contributed by atoms with E-state index in [-0.39, 0.29) is 18.2 Å². The van der Waals surface area contributed by atoms with Crippen molar-refractivity contribution in [2.75, 3.05) is 6.61 Å². The van der Waals surface area contributed by atoms with E-state index in [9.17, 15) is 4.79 Å². The number of esters is 1. The highest BCUT2D eigenvalue weighted by Gasteiger charge is 2.54. The zero-order valence-electron chi connectivity index (χ0n) is 15.0. The lowest BCUT2D eigenvalue weighted by Crippen LogP contribution is -2.41. The molecule has 4 nitrogen and oxygen atoms in total. The van der Waals surface area contributed by atoms with E-state index in [1.807, 2.05) is 59.7 Å². The Balaban J connectivity index is 2.29. The number of benzene rings is 1. The highest BCUT2D eigenvalue weighted by molar-refractivity contribution is 6.48. The van der Waals surface area contributed by atoms with Crippen molar-refractivity contribution in [2.24, 2.45) is 0 Å². The summed E-state index contributed by atoms with van der Waals surface area (Å²) < 4.78 is 17.5. The van der Waals surface area contributed by atoms with Gasteiger partial charge in [0.15, 0.2) is 0 Å². The van der Waals surface area contributed by atoms with Gasteiger partial charge >= 0.3 is 13.1 Å². The van der Waals surface area contributed by atoms with Gasteiger partial charge in [-0.3, -0.25) is 4.79 Å². The molecule has 0 saturated carbocycles. The minimum atomic E-state index is -0.466. The van der Waals surface area contributed by atoms with Gasteiger partial charge in [0.1, 0.15) is 0 Å². The summed E-state index contributed by atoms with van der Waals surface area (Å²) in [5.74, 6) is -0.413. The molecule has 1 aliphatic heterocycles. The van der Waals surface area contributed by atoms with E-state index in [0.29, 0.717) is 6.61 Å². The second-order valence-electron chi connectivity index (χ2n) is 7.15. The molecule has 1 unspecified atom stereocenters. The molecule has 126 valence electrons. The molecule has 1 atom stereocenters. The molecule has 1 fully saturated rings. The maximum absolute atomic E-state index is 12.1. The van der Waals surface area contributed by atoms with Gasteiger partial charge in [0.05, 0.1) is 24.2 Å². The van der Waals surface area contributed by atoms with Gasteiger partial charge in [-0.2, -0.15) is 0 Å². The molecular formula is C18H27BO4. The summed E-state index contributed by atoms with van der Waals surface area (Å²) in [5, 5.41) is 0. The van der Waals surface area contributed by atoms with Gasteiger partial charge in [0, 0.05) is 5.82 Å². The third kappa shape index (κ3) is 3.96. The van der Waals surface area contributed by atoms with E-state index >= 15 is 0 Å². The first kappa shape index (κ1) is 18.0. The van der Waals surface area contributed by atoms with Gasteiger partial charge in [0.2, 0.25) is 0 Å². The van der Waals surface area contributed by atoms with Crippen molar-refractivity contribution in [2.45, 2.75) is 65.0 Å². The Morgan fingerprint density at radius 1 is 1.22 bits per heavy atom. The van der Waals surface area contributed by atoms with Crippen molar-refractivity contribution in [1.29, 1.82) is 0 Å². The summed E-state index contributed by atoms with van der Waals surface area (Å²) in [6, 6.07) is 8.13. The highest BCUT2D eigenvalue weighted by Crippen LogP contribution is 2.41. The van der Waals surface area contributed by atoms with Crippen molar-refractivity contribution < 1.29 is 18.8 Å². The van der Waals surface area contributed by atoms with Crippen molar-refractivity contribution in [1.82, 2.24) is 0 Å². The minimum Gasteiger partial charge on any atom is -0.466 e. The first-order valence-corrected chi connectivity index (χ1v) is 8.24. The molecule has 0 aromatic heterocycles. The number of ether oxygens (including phenoxy) is 1. The van der Waals surface area contributed by atoms with E-state index in [1.54, 1.807) is 0 Å². The average Bonchev–Trinajstić information content (AvgIpc) is 2.65. The second-order valence-corrected chi connectivity index (χ2v) is 7.15. The predicted molar refractivity (Wildman–Crippen MR) is 91.3 cm³/mol. The Kier molecular flexibility index (Phi) is 5.22. The van der Waals surface area contributed by atoms with Gasteiger partial charge in [-0.05, 0) is 47.1 Å². The Morgan fingerprint density at radius 2 is 1.83 bits per heavy atom. The van der Waals surface area contributed by atoms with Crippen LogP contribution in [0.15, 0.2) is 24.3 Å². The first-order chi connectivity index (χ1) is 10.7. The summed E-state index contributed by atoms with van der Waals surface area (Å²) in [7, 11) is -0.466. The lowest BCUT2D eigenvalue weighted by molar-refractivity contribution is -0.143. The third-order valence-electron chi connectivity index (χ3n) is 4.76. The molecule has 0 aliphatic carbocycles. The average molecular weight is 318 g/mol. The topological polar surface area (TPSA) is 44.8 Å². The number of hydrogen-bond donors (Lipinski definition) is 0. The van der Waals surface area contributed by atoms with Crippen LogP contribution in [0.5, 0.6) is 0 Å². The van der Waals surface area contributed by atoms with E-state index in [4.69, 9.17) is 14.0 Å². The van der Waals surface area contributed by atoms with Crippen LogP contribution in [0, 0.1) is 6.92 Å². The summed E-state index contributed by atoms with van der Waals surface area (Å²) in [5.41, 5.74) is 1.34. The smallest absolute Gasteiger partial charge is 0.466 e. The SMILES string of the molecule is CCOC(=O)CC(B1OC(C)(C)C(C)(C)O1)c1cccc(C)c1. The van der Waals surface area contributed by atoms with Crippen LogP contribution in [0.3, 0.4) is 0 Å². The van der Waals surface area contributed by atoms with Crippen molar-refractivity contribution >= 4 is 13.1 Å². The van der Waals surface area contributed by atoms with Crippen LogP contribution in [0.2, 0.25) is 0 Å². The Morgan fingerprint density at radius 3 is 2.35 bits per heavy atom. The van der Waals surface area contributed by atoms with Crippen LogP contribution in [0.25, 0.3) is 0 Å². The van der Waals surface area contributed by atoms with E-state index < -0.39 is 18.3 Å². The summed E-state index contributed by atoms with van der Waals surface area (Å²) in [4.78, 5) is 12.1. The molecule has 0 bridgehead atoms. The number of carbonyl (C=O) groups excluding carboxylic acids is 1. The van der Waals surface area contributed by atoms with Crippen LogP contribution in [-0.2, 0) is 18.8 Å². The third-order valence-corrected chi connectivity index (χ3v) is 4.76. The summed E-state index contributed by atoms with van der Waals surface area (Å²) in [6.07, 6.45) is 0.244. The van der Waals surface area contributed by atoms with Gasteiger partial charge in [-0.1, -0.05) is 29.8 Å². The second kappa shape index (κ2) is 6.66. The van der Waals surface area contributed by atoms with Crippen LogP contribution in [0.4, 0.5) is 0 Å². The molecule has 1 aromatic rings. The molecule has 1 saturated heterocycles. The lowest BCUT2D eigenvalue weighted by Gasteiger charge is -2.32. The zero-order chi connectivity index (χ0) is 17.3. The standard InChI is InChI=1S/C18H27BO4/c1-7-21-16(20)12-15(14-10-8-9-13(2)11-14)19-22-17(3,4)18(5,6)23-19/h8-11,15H,7,12H2,1-6H3. The van der Waals surface area contributed by atoms with Crippen molar-refractivity contribution in [3.05, 3.63) is 35.4 Å². The number of aryl methyl sites for hydroxylation is 1. The van der Waals surface area contributed by atoms with E-state index in [0.717, 1.165) is 11.1 Å². The molecule has 0 radical (unpaired) electrons. The molecule has 0 spiro atoms. The summed E-state index contributed by atoms with van der Waals surface area (Å²) in [6.45, 7) is 12.3. The van der Waals surface area contributed by atoms with Gasteiger partial charge in [-0.25, -0.2) is 0 Å². The van der Waals surface area contributed by atoms with E-state index in [2.05, 4.69) is 6.07 Å². The number of rotatable bonds is 5.